The van der Waals surface area contributed by atoms with Gasteiger partial charge in [-0.1, -0.05) is 12.1 Å². The van der Waals surface area contributed by atoms with Crippen molar-refractivity contribution in [1.82, 2.24) is 0 Å². The first-order chi connectivity index (χ1) is 8.37. The first-order valence-corrected chi connectivity index (χ1v) is 5.39. The first kappa shape index (κ1) is 12.7. The maximum atomic E-state index is 11.9. The van der Waals surface area contributed by atoms with E-state index in [2.05, 4.69) is 4.74 Å². The van der Waals surface area contributed by atoms with E-state index >= 15 is 0 Å². The van der Waals surface area contributed by atoms with E-state index < -0.39 is 18.8 Å². The third-order valence-electron chi connectivity index (χ3n) is 2.82. The highest BCUT2D eigenvalue weighted by Crippen LogP contribution is 2.47. The molecule has 0 unspecified atom stereocenters. The van der Waals surface area contributed by atoms with Crippen LogP contribution in [0.3, 0.4) is 0 Å². The zero-order valence-corrected chi connectivity index (χ0v) is 9.28. The molecule has 1 fully saturated rings. The largest absolute Gasteiger partial charge is 0.484 e. The molecule has 2 atom stereocenters. The van der Waals surface area contributed by atoms with Gasteiger partial charge in [-0.15, -0.1) is 0 Å². The lowest BCUT2D eigenvalue weighted by Gasteiger charge is -2.09. The molecule has 18 heavy (non-hydrogen) atoms. The summed E-state index contributed by atoms with van der Waals surface area (Å²) >= 11 is 0. The Bertz CT molecular complexity index is 439. The van der Waals surface area contributed by atoms with Crippen molar-refractivity contribution in [3.63, 3.8) is 0 Å². The molecule has 0 aliphatic heterocycles. The van der Waals surface area contributed by atoms with E-state index in [0.717, 1.165) is 5.56 Å². The Kier molecular flexibility index (Phi) is 3.19. The predicted molar refractivity (Wildman–Crippen MR) is 56.5 cm³/mol. The summed E-state index contributed by atoms with van der Waals surface area (Å²) in [5, 5.41) is 8.76. The van der Waals surface area contributed by atoms with Crippen LogP contribution in [0.4, 0.5) is 13.2 Å². The number of carbonyl (C=O) groups is 1. The summed E-state index contributed by atoms with van der Waals surface area (Å²) in [7, 11) is 0. The standard InChI is InChI=1S/C12H11F3O3/c13-12(14,15)6-18-8-3-1-7(2-4-8)9-5-10(9)11(16)17/h1-4,9-10H,5-6H2,(H,16,17)/t9-,10+/m0/s1. The second-order valence-corrected chi connectivity index (χ2v) is 4.26. The van der Waals surface area contributed by atoms with Gasteiger partial charge in [0.05, 0.1) is 5.92 Å². The minimum absolute atomic E-state index is 0.0285. The smallest absolute Gasteiger partial charge is 0.422 e. The van der Waals surface area contributed by atoms with Crippen molar-refractivity contribution in [1.29, 1.82) is 0 Å². The zero-order chi connectivity index (χ0) is 13.3. The lowest BCUT2D eigenvalue weighted by molar-refractivity contribution is -0.153. The monoisotopic (exact) mass is 260 g/mol. The van der Waals surface area contributed by atoms with Gasteiger partial charge in [-0.2, -0.15) is 13.2 Å². The fraction of sp³-hybridized carbons (Fsp3) is 0.417. The highest BCUT2D eigenvalue weighted by atomic mass is 19.4. The number of ether oxygens (including phenoxy) is 1. The average molecular weight is 260 g/mol. The molecule has 0 aromatic heterocycles. The van der Waals surface area contributed by atoms with Crippen LogP contribution in [0.2, 0.25) is 0 Å². The van der Waals surface area contributed by atoms with E-state index in [1.54, 1.807) is 12.1 Å². The van der Waals surface area contributed by atoms with Gasteiger partial charge < -0.3 is 9.84 Å². The number of alkyl halides is 3. The van der Waals surface area contributed by atoms with Gasteiger partial charge in [0, 0.05) is 0 Å². The van der Waals surface area contributed by atoms with E-state index in [1.807, 2.05) is 0 Å². The second-order valence-electron chi connectivity index (χ2n) is 4.26. The Morgan fingerprint density at radius 3 is 2.39 bits per heavy atom. The first-order valence-electron chi connectivity index (χ1n) is 5.39. The summed E-state index contributed by atoms with van der Waals surface area (Å²) in [4.78, 5) is 10.7. The summed E-state index contributed by atoms with van der Waals surface area (Å²) in [6.45, 7) is -1.33. The maximum Gasteiger partial charge on any atom is 0.422 e. The van der Waals surface area contributed by atoms with E-state index in [1.165, 1.54) is 12.1 Å². The lowest BCUT2D eigenvalue weighted by Crippen LogP contribution is -2.19. The number of hydrogen-bond donors (Lipinski definition) is 1. The van der Waals surface area contributed by atoms with Crippen molar-refractivity contribution in [2.45, 2.75) is 18.5 Å². The van der Waals surface area contributed by atoms with Crippen molar-refractivity contribution in [2.24, 2.45) is 5.92 Å². The summed E-state index contributed by atoms with van der Waals surface area (Å²) in [5.74, 6) is -1.10. The molecule has 0 amide bonds. The molecule has 0 bridgehead atoms. The molecule has 0 heterocycles. The predicted octanol–water partition coefficient (Wildman–Crippen LogP) is 2.82. The van der Waals surface area contributed by atoms with Crippen molar-refractivity contribution in [2.75, 3.05) is 6.61 Å². The highest BCUT2D eigenvalue weighted by Gasteiger charge is 2.44. The minimum Gasteiger partial charge on any atom is -0.484 e. The quantitative estimate of drug-likeness (QED) is 0.905. The van der Waals surface area contributed by atoms with Crippen LogP contribution in [0.25, 0.3) is 0 Å². The molecule has 1 aromatic rings. The van der Waals surface area contributed by atoms with Crippen molar-refractivity contribution < 1.29 is 27.8 Å². The minimum atomic E-state index is -4.36. The number of rotatable bonds is 4. The molecule has 1 aliphatic rings. The highest BCUT2D eigenvalue weighted by molar-refractivity contribution is 5.75. The normalized spacial score (nSPS) is 22.6. The molecule has 2 rings (SSSR count). The molecule has 0 saturated heterocycles. The summed E-state index contributed by atoms with van der Waals surface area (Å²) in [5.41, 5.74) is 0.821. The number of hydrogen-bond acceptors (Lipinski definition) is 2. The number of halogens is 3. The Morgan fingerprint density at radius 2 is 1.94 bits per heavy atom. The maximum absolute atomic E-state index is 11.9. The molecular formula is C12H11F3O3. The number of carboxylic acids is 1. The molecule has 0 radical (unpaired) electrons. The van der Waals surface area contributed by atoms with Crippen LogP contribution in [0.1, 0.15) is 17.9 Å². The molecule has 6 heteroatoms. The SMILES string of the molecule is O=C(O)[C@@H]1C[C@H]1c1ccc(OCC(F)(F)F)cc1. The molecule has 3 nitrogen and oxygen atoms in total. The molecular weight excluding hydrogens is 249 g/mol. The Labute approximate surface area is 101 Å². The number of carboxylic acid groups (broad SMARTS) is 1. The Morgan fingerprint density at radius 1 is 1.33 bits per heavy atom. The molecule has 1 saturated carbocycles. The topological polar surface area (TPSA) is 46.5 Å². The van der Waals surface area contributed by atoms with E-state index in [-0.39, 0.29) is 17.6 Å². The van der Waals surface area contributed by atoms with Crippen LogP contribution < -0.4 is 4.74 Å². The molecule has 1 N–H and O–H groups in total. The third-order valence-corrected chi connectivity index (χ3v) is 2.82. The number of benzene rings is 1. The van der Waals surface area contributed by atoms with E-state index in [4.69, 9.17) is 5.11 Å². The van der Waals surface area contributed by atoms with Crippen molar-refractivity contribution in [3.05, 3.63) is 29.8 Å². The fourth-order valence-corrected chi connectivity index (χ4v) is 1.81. The van der Waals surface area contributed by atoms with Gasteiger partial charge in [0.25, 0.3) is 0 Å². The Balaban J connectivity index is 1.93. The Hall–Kier alpha value is -1.72. The number of aliphatic carboxylic acids is 1. The fourth-order valence-electron chi connectivity index (χ4n) is 1.81. The molecule has 98 valence electrons. The summed E-state index contributed by atoms with van der Waals surface area (Å²) in [6, 6.07) is 6.08. The second kappa shape index (κ2) is 4.51. The lowest BCUT2D eigenvalue weighted by atomic mass is 10.1. The summed E-state index contributed by atoms with van der Waals surface area (Å²) in [6.07, 6.45) is -3.78. The van der Waals surface area contributed by atoms with Gasteiger partial charge in [0.15, 0.2) is 6.61 Å². The van der Waals surface area contributed by atoms with Gasteiger partial charge >= 0.3 is 12.1 Å². The molecule has 1 aromatic carbocycles. The van der Waals surface area contributed by atoms with Crippen LogP contribution in [0.5, 0.6) is 5.75 Å². The molecule has 0 spiro atoms. The van der Waals surface area contributed by atoms with Crippen molar-refractivity contribution in [3.8, 4) is 5.75 Å². The third kappa shape index (κ3) is 3.15. The van der Waals surface area contributed by atoms with Crippen LogP contribution in [-0.2, 0) is 4.79 Å². The van der Waals surface area contributed by atoms with Crippen LogP contribution >= 0.6 is 0 Å². The van der Waals surface area contributed by atoms with E-state index in [9.17, 15) is 18.0 Å². The summed E-state index contributed by atoms with van der Waals surface area (Å²) < 4.78 is 40.3. The van der Waals surface area contributed by atoms with Crippen LogP contribution in [0, 0.1) is 5.92 Å². The molecule has 1 aliphatic carbocycles. The van der Waals surface area contributed by atoms with Gasteiger partial charge in [0.1, 0.15) is 5.75 Å². The van der Waals surface area contributed by atoms with Gasteiger partial charge in [0.2, 0.25) is 0 Å². The van der Waals surface area contributed by atoms with Crippen LogP contribution in [-0.4, -0.2) is 23.9 Å². The van der Waals surface area contributed by atoms with Crippen molar-refractivity contribution >= 4 is 5.97 Å². The zero-order valence-electron chi connectivity index (χ0n) is 9.28. The van der Waals surface area contributed by atoms with Gasteiger partial charge in [-0.25, -0.2) is 0 Å². The van der Waals surface area contributed by atoms with Crippen LogP contribution in [0.15, 0.2) is 24.3 Å². The van der Waals surface area contributed by atoms with Gasteiger partial charge in [-0.3, -0.25) is 4.79 Å². The van der Waals surface area contributed by atoms with Gasteiger partial charge in [-0.05, 0) is 30.0 Å². The van der Waals surface area contributed by atoms with E-state index in [0.29, 0.717) is 6.42 Å². The average Bonchev–Trinajstić information content (AvgIpc) is 3.06.